The molecule has 0 aromatic rings. The Hall–Kier alpha value is -0.720. The molecule has 0 spiro atoms. The van der Waals surface area contributed by atoms with Gasteiger partial charge in [0.1, 0.15) is 0 Å². The lowest BCUT2D eigenvalue weighted by atomic mass is 9.94. The minimum atomic E-state index is 0.718. The topological polar surface area (TPSA) is 12.0 Å². The summed E-state index contributed by atoms with van der Waals surface area (Å²) in [4.78, 5) is 0. The summed E-state index contributed by atoms with van der Waals surface area (Å²) in [6, 6.07) is 0. The van der Waals surface area contributed by atoms with E-state index in [9.17, 15) is 0 Å². The van der Waals surface area contributed by atoms with Gasteiger partial charge in [0.15, 0.2) is 0 Å². The van der Waals surface area contributed by atoms with Crippen LogP contribution in [0.1, 0.15) is 46.0 Å². The molecule has 0 amide bonds. The normalized spacial score (nSPS) is 17.4. The highest BCUT2D eigenvalue weighted by molar-refractivity contribution is 5.23. The van der Waals surface area contributed by atoms with Gasteiger partial charge in [0.2, 0.25) is 0 Å². The van der Waals surface area contributed by atoms with Gasteiger partial charge in [0, 0.05) is 12.7 Å². The minimum Gasteiger partial charge on any atom is -0.387 e. The molecular weight excluding hydrogens is 170 g/mol. The van der Waals surface area contributed by atoms with Crippen molar-refractivity contribution in [3.05, 3.63) is 23.9 Å². The van der Waals surface area contributed by atoms with Gasteiger partial charge in [0.05, 0.1) is 0 Å². The first-order valence-electron chi connectivity index (χ1n) is 5.94. The Morgan fingerprint density at radius 1 is 1.36 bits per heavy atom. The maximum absolute atomic E-state index is 3.27. The third-order valence-corrected chi connectivity index (χ3v) is 2.87. The Morgan fingerprint density at radius 2 is 2.21 bits per heavy atom. The number of hydrogen-bond donors (Lipinski definition) is 1. The molecule has 1 aliphatic rings. The van der Waals surface area contributed by atoms with Crippen LogP contribution < -0.4 is 5.32 Å². The first kappa shape index (κ1) is 11.4. The van der Waals surface area contributed by atoms with Gasteiger partial charge in [-0.1, -0.05) is 51.7 Å². The van der Waals surface area contributed by atoms with E-state index in [1.807, 2.05) is 0 Å². The van der Waals surface area contributed by atoms with E-state index in [2.05, 4.69) is 37.5 Å². The molecule has 0 fully saturated rings. The van der Waals surface area contributed by atoms with Crippen LogP contribution in [0.4, 0.5) is 0 Å². The van der Waals surface area contributed by atoms with Gasteiger partial charge in [-0.2, -0.15) is 0 Å². The minimum absolute atomic E-state index is 0.718. The molecule has 1 nitrogen and oxygen atoms in total. The standard InChI is InChI=1S/C13H23N/c1-3-4-5-6-8-12(2)13-9-7-10-14-11-13/h7,9,11-12,14H,3-6,8,10H2,1-2H3. The van der Waals surface area contributed by atoms with Crippen molar-refractivity contribution in [3.8, 4) is 0 Å². The van der Waals surface area contributed by atoms with E-state index in [1.165, 1.54) is 37.7 Å². The highest BCUT2D eigenvalue weighted by Gasteiger charge is 2.07. The van der Waals surface area contributed by atoms with Gasteiger partial charge in [-0.15, -0.1) is 0 Å². The molecule has 14 heavy (non-hydrogen) atoms. The first-order chi connectivity index (χ1) is 6.84. The van der Waals surface area contributed by atoms with Crippen molar-refractivity contribution >= 4 is 0 Å². The van der Waals surface area contributed by atoms with Crippen LogP contribution in [0.25, 0.3) is 0 Å². The largest absolute Gasteiger partial charge is 0.387 e. The Balaban J connectivity index is 2.17. The Labute approximate surface area is 88.3 Å². The van der Waals surface area contributed by atoms with Crippen molar-refractivity contribution in [3.63, 3.8) is 0 Å². The number of nitrogens with one attached hydrogen (secondary N) is 1. The van der Waals surface area contributed by atoms with E-state index in [1.54, 1.807) is 0 Å². The molecular formula is C13H23N. The van der Waals surface area contributed by atoms with Gasteiger partial charge in [-0.3, -0.25) is 0 Å². The third kappa shape index (κ3) is 3.99. The predicted molar refractivity (Wildman–Crippen MR) is 63.1 cm³/mol. The SMILES string of the molecule is CCCCCCC(C)C1=CNCC=C1. The molecule has 1 heteroatoms. The number of dihydropyridines is 1. The molecule has 0 saturated heterocycles. The van der Waals surface area contributed by atoms with Crippen LogP contribution in [0, 0.1) is 5.92 Å². The van der Waals surface area contributed by atoms with Crippen molar-refractivity contribution in [2.45, 2.75) is 46.0 Å². The van der Waals surface area contributed by atoms with Crippen LogP contribution in [0.15, 0.2) is 23.9 Å². The molecule has 0 aromatic heterocycles. The van der Waals surface area contributed by atoms with E-state index >= 15 is 0 Å². The Morgan fingerprint density at radius 3 is 2.86 bits per heavy atom. The molecule has 0 aromatic carbocycles. The highest BCUT2D eigenvalue weighted by Crippen LogP contribution is 2.20. The lowest BCUT2D eigenvalue weighted by Crippen LogP contribution is -2.12. The monoisotopic (exact) mass is 193 g/mol. The summed E-state index contributed by atoms with van der Waals surface area (Å²) in [6.07, 6.45) is 13.5. The van der Waals surface area contributed by atoms with Crippen LogP contribution in [0.3, 0.4) is 0 Å². The summed E-state index contributed by atoms with van der Waals surface area (Å²) in [5.74, 6) is 0.718. The molecule has 1 aliphatic heterocycles. The predicted octanol–water partition coefficient (Wildman–Crippen LogP) is 3.64. The molecule has 0 saturated carbocycles. The van der Waals surface area contributed by atoms with Crippen molar-refractivity contribution in [2.24, 2.45) is 5.92 Å². The van der Waals surface area contributed by atoms with Crippen molar-refractivity contribution in [1.82, 2.24) is 5.32 Å². The van der Waals surface area contributed by atoms with Crippen LogP contribution >= 0.6 is 0 Å². The molecule has 80 valence electrons. The van der Waals surface area contributed by atoms with E-state index in [-0.39, 0.29) is 0 Å². The zero-order chi connectivity index (χ0) is 10.2. The van der Waals surface area contributed by atoms with E-state index in [4.69, 9.17) is 0 Å². The first-order valence-corrected chi connectivity index (χ1v) is 5.94. The summed E-state index contributed by atoms with van der Waals surface area (Å²) >= 11 is 0. The fourth-order valence-electron chi connectivity index (χ4n) is 1.84. The van der Waals surface area contributed by atoms with Crippen LogP contribution in [-0.4, -0.2) is 6.54 Å². The molecule has 1 heterocycles. The maximum atomic E-state index is 3.27. The molecule has 1 rings (SSSR count). The molecule has 1 N–H and O–H groups in total. The van der Waals surface area contributed by atoms with Crippen LogP contribution in [-0.2, 0) is 0 Å². The lowest BCUT2D eigenvalue weighted by Gasteiger charge is -2.15. The Bertz CT molecular complexity index is 203. The fraction of sp³-hybridized carbons (Fsp3) is 0.692. The fourth-order valence-corrected chi connectivity index (χ4v) is 1.84. The van der Waals surface area contributed by atoms with Crippen molar-refractivity contribution in [2.75, 3.05) is 6.54 Å². The molecule has 0 radical (unpaired) electrons. The smallest absolute Gasteiger partial charge is 0.0328 e. The second kappa shape index (κ2) is 6.69. The number of allylic oxidation sites excluding steroid dienone is 2. The molecule has 1 atom stereocenters. The van der Waals surface area contributed by atoms with Gasteiger partial charge in [-0.25, -0.2) is 0 Å². The molecule has 1 unspecified atom stereocenters. The summed E-state index contributed by atoms with van der Waals surface area (Å²) < 4.78 is 0. The number of unbranched alkanes of at least 4 members (excludes halogenated alkanes) is 3. The zero-order valence-corrected chi connectivity index (χ0v) is 9.55. The summed E-state index contributed by atoms with van der Waals surface area (Å²) in [7, 11) is 0. The molecule has 0 aliphatic carbocycles. The average Bonchev–Trinajstić information content (AvgIpc) is 2.25. The number of rotatable bonds is 6. The average molecular weight is 193 g/mol. The van der Waals surface area contributed by atoms with Gasteiger partial charge in [0.25, 0.3) is 0 Å². The lowest BCUT2D eigenvalue weighted by molar-refractivity contribution is 0.545. The van der Waals surface area contributed by atoms with E-state index in [0.717, 1.165) is 12.5 Å². The van der Waals surface area contributed by atoms with Crippen molar-refractivity contribution in [1.29, 1.82) is 0 Å². The number of hydrogen-bond acceptors (Lipinski definition) is 1. The quantitative estimate of drug-likeness (QED) is 0.635. The van der Waals surface area contributed by atoms with E-state index < -0.39 is 0 Å². The van der Waals surface area contributed by atoms with Crippen LogP contribution in [0.2, 0.25) is 0 Å². The van der Waals surface area contributed by atoms with Crippen LogP contribution in [0.5, 0.6) is 0 Å². The van der Waals surface area contributed by atoms with Gasteiger partial charge >= 0.3 is 0 Å². The summed E-state index contributed by atoms with van der Waals surface area (Å²) in [5, 5.41) is 3.27. The zero-order valence-electron chi connectivity index (χ0n) is 9.55. The second-order valence-electron chi connectivity index (χ2n) is 4.21. The second-order valence-corrected chi connectivity index (χ2v) is 4.21. The summed E-state index contributed by atoms with van der Waals surface area (Å²) in [6.45, 7) is 5.58. The van der Waals surface area contributed by atoms with Gasteiger partial charge in [-0.05, 0) is 17.9 Å². The maximum Gasteiger partial charge on any atom is 0.0328 e. The third-order valence-electron chi connectivity index (χ3n) is 2.87. The Kier molecular flexibility index (Phi) is 5.43. The van der Waals surface area contributed by atoms with Crippen molar-refractivity contribution < 1.29 is 0 Å². The van der Waals surface area contributed by atoms with Gasteiger partial charge < -0.3 is 5.32 Å². The highest BCUT2D eigenvalue weighted by atomic mass is 14.8. The summed E-state index contributed by atoms with van der Waals surface area (Å²) in [5.41, 5.74) is 1.47. The molecule has 0 bridgehead atoms. The van der Waals surface area contributed by atoms with E-state index in [0.29, 0.717) is 0 Å².